The third kappa shape index (κ3) is 1.81. The maximum atomic E-state index is 8.94. The van der Waals surface area contributed by atoms with Gasteiger partial charge in [-0.05, 0) is 19.1 Å². The van der Waals surface area contributed by atoms with Gasteiger partial charge in [0.05, 0.1) is 11.9 Å². The van der Waals surface area contributed by atoms with Gasteiger partial charge in [0.1, 0.15) is 11.8 Å². The quantitative estimate of drug-likeness (QED) is 0.696. The first-order valence-electron chi connectivity index (χ1n) is 4.45. The van der Waals surface area contributed by atoms with Crippen molar-refractivity contribution in [1.29, 1.82) is 5.26 Å². The van der Waals surface area contributed by atoms with E-state index in [0.29, 0.717) is 11.4 Å². The molecular formula is C11H8N4. The lowest BCUT2D eigenvalue weighted by Gasteiger charge is -2.02. The van der Waals surface area contributed by atoms with Crippen molar-refractivity contribution in [2.45, 2.75) is 6.92 Å². The van der Waals surface area contributed by atoms with Crippen molar-refractivity contribution in [3.63, 3.8) is 0 Å². The number of hydrogen-bond acceptors (Lipinski definition) is 4. The molecule has 0 unspecified atom stereocenters. The molecule has 0 amide bonds. The number of hydrogen-bond donors (Lipinski definition) is 0. The molecule has 0 radical (unpaired) electrons. The van der Waals surface area contributed by atoms with Crippen LogP contribution in [0.15, 0.2) is 30.7 Å². The molecule has 15 heavy (non-hydrogen) atoms. The summed E-state index contributed by atoms with van der Waals surface area (Å²) in [4.78, 5) is 12.2. The van der Waals surface area contributed by atoms with Crippen LogP contribution in [0.25, 0.3) is 11.3 Å². The average Bonchev–Trinajstić information content (AvgIpc) is 2.30. The summed E-state index contributed by atoms with van der Waals surface area (Å²) in [5.74, 6) is 0. The third-order valence-corrected chi connectivity index (χ3v) is 1.98. The van der Waals surface area contributed by atoms with Crippen molar-refractivity contribution in [3.05, 3.63) is 42.1 Å². The van der Waals surface area contributed by atoms with E-state index in [2.05, 4.69) is 21.0 Å². The first kappa shape index (κ1) is 9.28. The summed E-state index contributed by atoms with van der Waals surface area (Å²) in [6.07, 6.45) is 4.81. The van der Waals surface area contributed by atoms with Crippen molar-refractivity contribution >= 4 is 0 Å². The molecule has 0 N–H and O–H groups in total. The average molecular weight is 196 g/mol. The summed E-state index contributed by atoms with van der Waals surface area (Å²) < 4.78 is 0. The smallest absolute Gasteiger partial charge is 0.150 e. The molecule has 2 aromatic heterocycles. The Bertz CT molecular complexity index is 514. The molecule has 0 atom stereocenters. The lowest BCUT2D eigenvalue weighted by atomic mass is 10.1. The Hall–Kier alpha value is -2.28. The number of aryl methyl sites for hydroxylation is 1. The Balaban J connectivity index is 2.60. The van der Waals surface area contributed by atoms with E-state index in [4.69, 9.17) is 5.26 Å². The molecule has 2 aromatic rings. The molecule has 0 aliphatic rings. The summed E-state index contributed by atoms with van der Waals surface area (Å²) in [5, 5.41) is 8.94. The molecule has 72 valence electrons. The Morgan fingerprint density at radius 2 is 2.13 bits per heavy atom. The van der Waals surface area contributed by atoms with Crippen LogP contribution in [0.5, 0.6) is 0 Å². The Kier molecular flexibility index (Phi) is 2.38. The minimum atomic E-state index is 0.385. The Morgan fingerprint density at radius 1 is 1.27 bits per heavy atom. The lowest BCUT2D eigenvalue weighted by Crippen LogP contribution is -1.93. The molecule has 0 fully saturated rings. The zero-order valence-electron chi connectivity index (χ0n) is 8.18. The standard InChI is InChI=1S/C11H8N4/c1-8-2-3-9(10(6-12)15-8)11-7-13-4-5-14-11/h2-5,7H,1H3. The summed E-state index contributed by atoms with van der Waals surface area (Å²) >= 11 is 0. The van der Waals surface area contributed by atoms with Crippen LogP contribution in [0.3, 0.4) is 0 Å². The largest absolute Gasteiger partial charge is 0.261 e. The van der Waals surface area contributed by atoms with Crippen molar-refractivity contribution in [3.8, 4) is 17.3 Å². The lowest BCUT2D eigenvalue weighted by molar-refractivity contribution is 1.14. The van der Waals surface area contributed by atoms with Gasteiger partial charge in [-0.1, -0.05) is 0 Å². The molecule has 2 rings (SSSR count). The van der Waals surface area contributed by atoms with Gasteiger partial charge >= 0.3 is 0 Å². The highest BCUT2D eigenvalue weighted by Gasteiger charge is 2.07. The molecule has 0 aliphatic heterocycles. The second-order valence-corrected chi connectivity index (χ2v) is 3.05. The van der Waals surface area contributed by atoms with Gasteiger partial charge in [-0.25, -0.2) is 4.98 Å². The maximum absolute atomic E-state index is 8.94. The predicted octanol–water partition coefficient (Wildman–Crippen LogP) is 1.72. The maximum Gasteiger partial charge on any atom is 0.150 e. The number of pyridine rings is 1. The monoisotopic (exact) mass is 196 g/mol. The van der Waals surface area contributed by atoms with Gasteiger partial charge in [-0.15, -0.1) is 0 Å². The van der Waals surface area contributed by atoms with E-state index < -0.39 is 0 Å². The topological polar surface area (TPSA) is 62.5 Å². The summed E-state index contributed by atoms with van der Waals surface area (Å²) in [5.41, 5.74) is 2.59. The van der Waals surface area contributed by atoms with Crippen LogP contribution in [0.2, 0.25) is 0 Å². The molecule has 4 nitrogen and oxygen atoms in total. The van der Waals surface area contributed by atoms with Crippen molar-refractivity contribution in [2.75, 3.05) is 0 Å². The van der Waals surface area contributed by atoms with Crippen LogP contribution in [-0.2, 0) is 0 Å². The third-order valence-electron chi connectivity index (χ3n) is 1.98. The van der Waals surface area contributed by atoms with Gasteiger partial charge in [-0.2, -0.15) is 5.26 Å². The molecular weight excluding hydrogens is 188 g/mol. The highest BCUT2D eigenvalue weighted by molar-refractivity contribution is 5.64. The summed E-state index contributed by atoms with van der Waals surface area (Å²) in [7, 11) is 0. The van der Waals surface area contributed by atoms with Crippen LogP contribution in [0.1, 0.15) is 11.4 Å². The molecule has 0 saturated carbocycles. The number of aromatic nitrogens is 3. The Morgan fingerprint density at radius 3 is 2.80 bits per heavy atom. The normalized spacial score (nSPS) is 9.60. The van der Waals surface area contributed by atoms with Crippen LogP contribution in [0.4, 0.5) is 0 Å². The van der Waals surface area contributed by atoms with Crippen LogP contribution in [-0.4, -0.2) is 15.0 Å². The zero-order valence-corrected chi connectivity index (χ0v) is 8.18. The van der Waals surface area contributed by atoms with Crippen molar-refractivity contribution in [2.24, 2.45) is 0 Å². The molecule has 4 heteroatoms. The summed E-state index contributed by atoms with van der Waals surface area (Å²) in [6.45, 7) is 1.85. The minimum Gasteiger partial charge on any atom is -0.261 e. The second kappa shape index (κ2) is 3.84. The van der Waals surface area contributed by atoms with Gasteiger partial charge in [0, 0.05) is 23.7 Å². The van der Waals surface area contributed by atoms with E-state index >= 15 is 0 Å². The van der Waals surface area contributed by atoms with Crippen LogP contribution < -0.4 is 0 Å². The molecule has 0 saturated heterocycles. The van der Waals surface area contributed by atoms with Crippen molar-refractivity contribution < 1.29 is 0 Å². The van der Waals surface area contributed by atoms with E-state index in [1.807, 2.05) is 19.1 Å². The highest BCUT2D eigenvalue weighted by Crippen LogP contribution is 2.18. The molecule has 0 spiro atoms. The van der Waals surface area contributed by atoms with E-state index in [9.17, 15) is 0 Å². The van der Waals surface area contributed by atoms with Crippen LogP contribution >= 0.6 is 0 Å². The highest BCUT2D eigenvalue weighted by atomic mass is 14.8. The van der Waals surface area contributed by atoms with Gasteiger partial charge in [-0.3, -0.25) is 9.97 Å². The SMILES string of the molecule is Cc1ccc(-c2cnccn2)c(C#N)n1. The van der Waals surface area contributed by atoms with E-state index in [-0.39, 0.29) is 0 Å². The fourth-order valence-electron chi connectivity index (χ4n) is 1.29. The Labute approximate surface area is 87.3 Å². The van der Waals surface area contributed by atoms with Gasteiger partial charge in [0.25, 0.3) is 0 Å². The fraction of sp³-hybridized carbons (Fsp3) is 0.0909. The fourth-order valence-corrected chi connectivity index (χ4v) is 1.29. The van der Waals surface area contributed by atoms with E-state index in [0.717, 1.165) is 11.3 Å². The zero-order chi connectivity index (χ0) is 10.7. The number of rotatable bonds is 1. The second-order valence-electron chi connectivity index (χ2n) is 3.05. The van der Waals surface area contributed by atoms with E-state index in [1.165, 1.54) is 0 Å². The number of nitrogens with zero attached hydrogens (tertiary/aromatic N) is 4. The molecule has 0 aromatic carbocycles. The predicted molar refractivity (Wildman–Crippen MR) is 54.7 cm³/mol. The van der Waals surface area contributed by atoms with Crippen LogP contribution in [0, 0.1) is 18.3 Å². The van der Waals surface area contributed by atoms with Crippen molar-refractivity contribution in [1.82, 2.24) is 15.0 Å². The molecule has 2 heterocycles. The van der Waals surface area contributed by atoms with Gasteiger partial charge in [0.15, 0.2) is 0 Å². The van der Waals surface area contributed by atoms with E-state index in [1.54, 1.807) is 18.6 Å². The summed E-state index contributed by atoms with van der Waals surface area (Å²) in [6, 6.07) is 5.75. The van der Waals surface area contributed by atoms with Gasteiger partial charge < -0.3 is 0 Å². The minimum absolute atomic E-state index is 0.385. The first-order chi connectivity index (χ1) is 7.31. The molecule has 0 bridgehead atoms. The van der Waals surface area contributed by atoms with Gasteiger partial charge in [0.2, 0.25) is 0 Å². The molecule has 0 aliphatic carbocycles. The number of nitriles is 1. The first-order valence-corrected chi connectivity index (χ1v) is 4.45.